The molecule has 1 fully saturated rings. The maximum absolute atomic E-state index is 13.1. The van der Waals surface area contributed by atoms with Crippen LogP contribution >= 0.6 is 0 Å². The van der Waals surface area contributed by atoms with E-state index < -0.39 is 35.2 Å². The highest BCUT2D eigenvalue weighted by molar-refractivity contribution is 6.02. The van der Waals surface area contributed by atoms with Gasteiger partial charge in [-0.05, 0) is 13.8 Å². The zero-order valence-corrected chi connectivity index (χ0v) is 16.9. The number of amides is 2. The monoisotopic (exact) mass is 441 g/mol. The number of halogens is 2. The summed E-state index contributed by atoms with van der Waals surface area (Å²) in [7, 11) is 0. The molecule has 0 atom stereocenters. The number of aryl methyl sites for hydroxylation is 1. The Morgan fingerprint density at radius 2 is 2.00 bits per heavy atom. The van der Waals surface area contributed by atoms with E-state index in [0.29, 0.717) is 32.8 Å². The average molecular weight is 441 g/mol. The summed E-state index contributed by atoms with van der Waals surface area (Å²) in [5, 5.41) is 21.3. The van der Waals surface area contributed by atoms with Gasteiger partial charge in [-0.2, -0.15) is 10.2 Å². The Balaban J connectivity index is 1.82. The maximum atomic E-state index is 13.1. The van der Waals surface area contributed by atoms with E-state index in [1.54, 1.807) is 11.8 Å². The fourth-order valence-electron chi connectivity index (χ4n) is 3.27. The van der Waals surface area contributed by atoms with Gasteiger partial charge in [-0.25, -0.2) is 8.78 Å². The minimum absolute atomic E-state index is 0.150. The van der Waals surface area contributed by atoms with E-state index in [9.17, 15) is 28.5 Å². The van der Waals surface area contributed by atoms with Gasteiger partial charge in [0.15, 0.2) is 0 Å². The molecule has 31 heavy (non-hydrogen) atoms. The zero-order chi connectivity index (χ0) is 22.7. The molecule has 0 unspecified atom stereocenters. The van der Waals surface area contributed by atoms with Crippen molar-refractivity contribution in [2.24, 2.45) is 0 Å². The first-order valence-electron chi connectivity index (χ1n) is 9.47. The number of ether oxygens (including phenoxy) is 1. The first-order valence-corrected chi connectivity index (χ1v) is 9.47. The Labute approximate surface area is 174 Å². The Hall–Kier alpha value is -3.42. The van der Waals surface area contributed by atoms with Crippen molar-refractivity contribution in [3.63, 3.8) is 0 Å². The molecule has 0 aliphatic carbocycles. The number of anilines is 1. The predicted molar refractivity (Wildman–Crippen MR) is 102 cm³/mol. The van der Waals surface area contributed by atoms with Crippen LogP contribution < -0.4 is 5.32 Å². The molecule has 168 valence electrons. The van der Waals surface area contributed by atoms with Crippen molar-refractivity contribution in [1.82, 2.24) is 24.5 Å². The molecule has 2 aromatic heterocycles. The highest BCUT2D eigenvalue weighted by Gasteiger charge is 2.32. The second-order valence-corrected chi connectivity index (χ2v) is 6.71. The third kappa shape index (κ3) is 4.52. The van der Waals surface area contributed by atoms with Crippen molar-refractivity contribution in [3.8, 4) is 0 Å². The molecular formula is C17H21F2N7O5. The van der Waals surface area contributed by atoms with E-state index in [0.717, 1.165) is 4.68 Å². The first-order chi connectivity index (χ1) is 14.7. The number of alkyl halides is 2. The fourth-order valence-corrected chi connectivity index (χ4v) is 3.27. The molecule has 0 bridgehead atoms. The van der Waals surface area contributed by atoms with Gasteiger partial charge >= 0.3 is 5.69 Å². The van der Waals surface area contributed by atoms with Crippen LogP contribution in [-0.2, 0) is 22.6 Å². The molecule has 2 aromatic rings. The smallest absolute Gasteiger partial charge is 0.319 e. The average Bonchev–Trinajstić information content (AvgIpc) is 3.29. The van der Waals surface area contributed by atoms with E-state index in [2.05, 4.69) is 15.5 Å². The van der Waals surface area contributed by atoms with Gasteiger partial charge in [-0.1, -0.05) is 0 Å². The van der Waals surface area contributed by atoms with Gasteiger partial charge in [0.1, 0.15) is 17.9 Å². The molecular weight excluding hydrogens is 420 g/mol. The van der Waals surface area contributed by atoms with Crippen LogP contribution in [0, 0.1) is 17.0 Å². The number of hydrogen-bond donors (Lipinski definition) is 1. The Bertz CT molecular complexity index is 997. The molecule has 1 saturated heterocycles. The van der Waals surface area contributed by atoms with E-state index in [1.807, 2.05) is 0 Å². The van der Waals surface area contributed by atoms with Crippen LogP contribution in [0.15, 0.2) is 6.20 Å². The summed E-state index contributed by atoms with van der Waals surface area (Å²) in [5.41, 5.74) is -1.68. The summed E-state index contributed by atoms with van der Waals surface area (Å²) in [4.78, 5) is 37.2. The Morgan fingerprint density at radius 3 is 2.55 bits per heavy atom. The summed E-state index contributed by atoms with van der Waals surface area (Å²) in [6.45, 7) is 4.43. The number of nitrogens with one attached hydrogen (secondary N) is 1. The SMILES string of the molecule is CCn1ncc(NC(=O)Cn2nc(C(F)F)c([N+](=O)[O-])c2C)c1C(=O)N1CCOCC1. The highest BCUT2D eigenvalue weighted by Crippen LogP contribution is 2.30. The molecule has 1 N–H and O–H groups in total. The first kappa shape index (κ1) is 22.3. The van der Waals surface area contributed by atoms with Gasteiger partial charge in [-0.15, -0.1) is 0 Å². The maximum Gasteiger partial charge on any atom is 0.319 e. The number of morpholine rings is 1. The van der Waals surface area contributed by atoms with Gasteiger partial charge in [0.25, 0.3) is 12.3 Å². The summed E-state index contributed by atoms with van der Waals surface area (Å²) < 4.78 is 33.7. The predicted octanol–water partition coefficient (Wildman–Crippen LogP) is 1.36. The van der Waals surface area contributed by atoms with Crippen molar-refractivity contribution < 1.29 is 28.0 Å². The number of nitrogens with zero attached hydrogens (tertiary/aromatic N) is 6. The number of carbonyl (C=O) groups is 2. The van der Waals surface area contributed by atoms with Crippen LogP contribution in [0.2, 0.25) is 0 Å². The lowest BCUT2D eigenvalue weighted by Crippen LogP contribution is -2.41. The van der Waals surface area contributed by atoms with Crippen molar-refractivity contribution in [2.45, 2.75) is 33.4 Å². The van der Waals surface area contributed by atoms with Crippen LogP contribution in [0.1, 0.15) is 35.2 Å². The standard InChI is InChI=1S/C17H21F2N7O5/c1-3-24-15(17(28)23-4-6-31-7-5-23)11(8-20-24)21-12(27)9-25-10(2)14(26(29)30)13(22-25)16(18)19/h8,16H,3-7,9H2,1-2H3,(H,21,27). The molecule has 0 spiro atoms. The van der Waals surface area contributed by atoms with Crippen molar-refractivity contribution in [1.29, 1.82) is 0 Å². The van der Waals surface area contributed by atoms with Crippen LogP contribution in [0.5, 0.6) is 0 Å². The van der Waals surface area contributed by atoms with Crippen molar-refractivity contribution >= 4 is 23.2 Å². The summed E-state index contributed by atoms with van der Waals surface area (Å²) in [6, 6.07) is 0. The van der Waals surface area contributed by atoms with Gasteiger partial charge in [0.05, 0.1) is 30.0 Å². The van der Waals surface area contributed by atoms with E-state index in [4.69, 9.17) is 4.74 Å². The third-order valence-corrected chi connectivity index (χ3v) is 4.80. The Morgan fingerprint density at radius 1 is 1.32 bits per heavy atom. The van der Waals surface area contributed by atoms with Crippen LogP contribution in [0.3, 0.4) is 0 Å². The second-order valence-electron chi connectivity index (χ2n) is 6.71. The molecule has 0 aromatic carbocycles. The normalized spacial score (nSPS) is 14.2. The molecule has 2 amide bonds. The van der Waals surface area contributed by atoms with Crippen molar-refractivity contribution in [3.05, 3.63) is 33.4 Å². The Kier molecular flexibility index (Phi) is 6.58. The van der Waals surface area contributed by atoms with E-state index in [1.165, 1.54) is 17.8 Å². The molecule has 3 heterocycles. The molecule has 12 nitrogen and oxygen atoms in total. The molecule has 1 aliphatic heterocycles. The number of nitro groups is 1. The van der Waals surface area contributed by atoms with Crippen molar-refractivity contribution in [2.75, 3.05) is 31.6 Å². The lowest BCUT2D eigenvalue weighted by atomic mass is 10.2. The number of hydrogen-bond acceptors (Lipinski definition) is 7. The highest BCUT2D eigenvalue weighted by atomic mass is 19.3. The van der Waals surface area contributed by atoms with E-state index >= 15 is 0 Å². The second kappa shape index (κ2) is 9.16. The van der Waals surface area contributed by atoms with Crippen LogP contribution in [0.25, 0.3) is 0 Å². The molecule has 14 heteroatoms. The fraction of sp³-hybridized carbons (Fsp3) is 0.529. The number of aromatic nitrogens is 4. The summed E-state index contributed by atoms with van der Waals surface area (Å²) >= 11 is 0. The molecule has 0 radical (unpaired) electrons. The van der Waals surface area contributed by atoms with Crippen LogP contribution in [-0.4, -0.2) is 67.5 Å². The number of carbonyl (C=O) groups excluding carboxylic acids is 2. The van der Waals surface area contributed by atoms with Gasteiger partial charge in [0.2, 0.25) is 11.6 Å². The minimum atomic E-state index is -3.16. The molecule has 0 saturated carbocycles. The summed E-state index contributed by atoms with van der Waals surface area (Å²) in [6.07, 6.45) is -1.85. The summed E-state index contributed by atoms with van der Waals surface area (Å²) in [5.74, 6) is -1.03. The van der Waals surface area contributed by atoms with Crippen LogP contribution in [0.4, 0.5) is 20.2 Å². The topological polar surface area (TPSA) is 137 Å². The van der Waals surface area contributed by atoms with Gasteiger partial charge in [0, 0.05) is 19.6 Å². The lowest BCUT2D eigenvalue weighted by molar-refractivity contribution is -0.386. The van der Waals surface area contributed by atoms with Gasteiger partial charge in [-0.3, -0.25) is 29.1 Å². The lowest BCUT2D eigenvalue weighted by Gasteiger charge is -2.27. The largest absolute Gasteiger partial charge is 0.378 e. The minimum Gasteiger partial charge on any atom is -0.378 e. The third-order valence-electron chi connectivity index (χ3n) is 4.80. The van der Waals surface area contributed by atoms with E-state index in [-0.39, 0.29) is 23.0 Å². The number of rotatable bonds is 7. The zero-order valence-electron chi connectivity index (χ0n) is 16.9. The molecule has 1 aliphatic rings. The molecule has 3 rings (SSSR count). The van der Waals surface area contributed by atoms with Gasteiger partial charge < -0.3 is 15.0 Å². The quantitative estimate of drug-likeness (QED) is 0.506.